The van der Waals surface area contributed by atoms with Crippen molar-refractivity contribution in [1.82, 2.24) is 9.80 Å². The zero-order valence-corrected chi connectivity index (χ0v) is 39.5. The number of Topliss-reactive ketones (excluding diaryl/α,β-unsaturated/α-hetero) is 4. The summed E-state index contributed by atoms with van der Waals surface area (Å²) in [5.41, 5.74) is -0.538. The van der Waals surface area contributed by atoms with Crippen molar-refractivity contribution >= 4 is 34.5 Å². The van der Waals surface area contributed by atoms with Crippen LogP contribution in [0.1, 0.15) is 115 Å². The van der Waals surface area contributed by atoms with Gasteiger partial charge in [0.25, 0.3) is 0 Å². The monoisotopic (exact) mass is 889 g/mol. The van der Waals surface area contributed by atoms with Crippen LogP contribution in [0.2, 0.25) is 0 Å². The van der Waals surface area contributed by atoms with E-state index in [-0.39, 0.29) is 48.1 Å². The number of anilines is 2. The number of hydrogen-bond donors (Lipinski definition) is 4. The highest BCUT2D eigenvalue weighted by Gasteiger charge is 2.78. The molecule has 0 amide bonds. The van der Waals surface area contributed by atoms with Crippen LogP contribution in [-0.2, 0) is 36.4 Å². The second-order valence-electron chi connectivity index (χ2n) is 21.3. The van der Waals surface area contributed by atoms with Crippen LogP contribution in [0.15, 0.2) is 48.6 Å². The number of rotatable bonds is 14. The van der Waals surface area contributed by atoms with E-state index in [2.05, 4.69) is 70.7 Å². The Morgan fingerprint density at radius 3 is 1.40 bits per heavy atom. The number of fused-ring (bicyclic) bond motifs is 2. The van der Waals surface area contributed by atoms with Gasteiger partial charge in [-0.25, -0.2) is 0 Å². The van der Waals surface area contributed by atoms with Gasteiger partial charge in [-0.1, -0.05) is 51.0 Å². The van der Waals surface area contributed by atoms with E-state index in [1.807, 2.05) is 12.1 Å². The summed E-state index contributed by atoms with van der Waals surface area (Å²) >= 11 is 0. The smallest absolute Gasteiger partial charge is 0.163 e. The van der Waals surface area contributed by atoms with Crippen LogP contribution in [0.4, 0.5) is 11.4 Å². The standard InChI is InChI=1S/C53H68N4O8/c1-9-13-48-15-11-19-56-21-17-50(46(48)56)36-26-34(40(64-7)28-38(36)54-44(50)52(62,32(5)60)42(48)23-30(3)58)25-35-27-37-39(29-41(35)65-8)55-45-51(37)18-22-57-20-12-16-49(14-10-2,47(51)57)43(24-31(4)59)53(45,63)33(6)61/h11-12,15-16,26-29,42-47,54-55,62-63H,9-10,13-14,17-25H2,1-8H3. The Hall–Kier alpha value is -4.36. The first-order chi connectivity index (χ1) is 31.0. The average Bonchev–Trinajstić information content (AvgIpc) is 4.03. The minimum Gasteiger partial charge on any atom is -0.496 e. The number of hydrogen-bond acceptors (Lipinski definition) is 12. The van der Waals surface area contributed by atoms with Gasteiger partial charge in [-0.15, -0.1) is 0 Å². The topological polar surface area (TPSA) is 158 Å². The van der Waals surface area contributed by atoms with Gasteiger partial charge < -0.3 is 39.9 Å². The molecule has 0 aromatic heterocycles. The van der Waals surface area contributed by atoms with Gasteiger partial charge in [0.2, 0.25) is 0 Å². The molecule has 12 heteroatoms. The molecule has 4 N–H and O–H groups in total. The summed E-state index contributed by atoms with van der Waals surface area (Å²) in [6.45, 7) is 13.5. The van der Waals surface area contributed by atoms with E-state index in [1.165, 1.54) is 13.8 Å². The Morgan fingerprint density at radius 2 is 1.06 bits per heavy atom. The molecule has 2 aromatic rings. The van der Waals surface area contributed by atoms with Gasteiger partial charge in [0, 0.05) is 101 Å². The molecule has 10 rings (SSSR count). The molecule has 65 heavy (non-hydrogen) atoms. The van der Waals surface area contributed by atoms with Crippen molar-refractivity contribution in [3.05, 3.63) is 70.8 Å². The Bertz CT molecular complexity index is 2280. The molecule has 2 aromatic carbocycles. The van der Waals surface area contributed by atoms with Gasteiger partial charge in [-0.2, -0.15) is 0 Å². The van der Waals surface area contributed by atoms with Crippen LogP contribution >= 0.6 is 0 Å². The summed E-state index contributed by atoms with van der Waals surface area (Å²) in [7, 11) is 3.34. The van der Waals surface area contributed by atoms with Gasteiger partial charge in [-0.05, 0) is 101 Å². The van der Waals surface area contributed by atoms with E-state index in [1.54, 1.807) is 28.1 Å². The fourth-order valence-electron chi connectivity index (χ4n) is 16.7. The quantitative estimate of drug-likeness (QED) is 0.163. The zero-order chi connectivity index (χ0) is 46.2. The first-order valence-corrected chi connectivity index (χ1v) is 24.2. The molecule has 2 saturated heterocycles. The predicted octanol–water partition coefficient (Wildman–Crippen LogP) is 6.08. The Morgan fingerprint density at radius 1 is 0.662 bits per heavy atom. The number of ketones is 4. The molecule has 0 bridgehead atoms. The van der Waals surface area contributed by atoms with E-state index in [0.717, 1.165) is 98.3 Å². The highest BCUT2D eigenvalue weighted by atomic mass is 16.5. The Balaban J connectivity index is 1.14. The number of nitrogens with one attached hydrogen (secondary N) is 2. The minimum atomic E-state index is -1.82. The summed E-state index contributed by atoms with van der Waals surface area (Å²) in [5, 5.41) is 33.9. The lowest BCUT2D eigenvalue weighted by Crippen LogP contribution is -2.77. The van der Waals surface area contributed by atoms with Crippen molar-refractivity contribution in [2.24, 2.45) is 22.7 Å². The molecule has 12 atom stereocenters. The van der Waals surface area contributed by atoms with E-state index < -0.39 is 56.8 Å². The molecule has 2 saturated carbocycles. The van der Waals surface area contributed by atoms with Crippen molar-refractivity contribution in [1.29, 1.82) is 0 Å². The van der Waals surface area contributed by atoms with Crippen LogP contribution in [0.5, 0.6) is 11.5 Å². The lowest BCUT2D eigenvalue weighted by Gasteiger charge is -2.64. The maximum Gasteiger partial charge on any atom is 0.163 e. The molecular formula is C53H68N4O8. The molecule has 348 valence electrons. The first-order valence-electron chi connectivity index (χ1n) is 24.2. The van der Waals surface area contributed by atoms with Crippen LogP contribution < -0.4 is 20.1 Å². The van der Waals surface area contributed by atoms with E-state index >= 15 is 0 Å². The number of carbonyl (C=O) groups is 4. The highest BCUT2D eigenvalue weighted by Crippen LogP contribution is 2.70. The van der Waals surface area contributed by atoms with Gasteiger partial charge in [0.15, 0.2) is 11.6 Å². The van der Waals surface area contributed by atoms with Gasteiger partial charge >= 0.3 is 0 Å². The minimum absolute atomic E-state index is 0.0404. The summed E-state index contributed by atoms with van der Waals surface area (Å²) in [6, 6.07) is 7.11. The van der Waals surface area contributed by atoms with E-state index in [0.29, 0.717) is 17.9 Å². The van der Waals surface area contributed by atoms with Crippen molar-refractivity contribution < 1.29 is 38.9 Å². The summed E-state index contributed by atoms with van der Waals surface area (Å²) in [4.78, 5) is 59.7. The summed E-state index contributed by atoms with van der Waals surface area (Å²) in [5.74, 6) is -0.625. The SMILES string of the molecule is CCCC12C=CCN3CCC4(c5cc(Cc6cc7c(cc6OC)NC6C(O)(C(C)=O)C(CC(C)=O)C8(CCC)C=CCN9CCC76C98)c(OC)cc5NC4C(O)(C(C)=O)C1CC(C)=O)C32. The molecule has 8 aliphatic rings. The number of nitrogens with zero attached hydrogens (tertiary/aromatic N) is 2. The lowest BCUT2D eigenvalue weighted by molar-refractivity contribution is -0.178. The number of ether oxygens (including phenoxy) is 2. The van der Waals surface area contributed by atoms with Gasteiger partial charge in [-0.3, -0.25) is 19.4 Å². The van der Waals surface area contributed by atoms with Crippen LogP contribution in [0.25, 0.3) is 0 Å². The molecule has 6 heterocycles. The fourth-order valence-corrected chi connectivity index (χ4v) is 16.7. The molecular weight excluding hydrogens is 821 g/mol. The van der Waals surface area contributed by atoms with Gasteiger partial charge in [0.1, 0.15) is 34.3 Å². The number of carbonyl (C=O) groups excluding carboxylic acids is 4. The second-order valence-corrected chi connectivity index (χ2v) is 21.3. The summed E-state index contributed by atoms with van der Waals surface area (Å²) in [6.07, 6.45) is 14.1. The number of methoxy groups -OCH3 is 2. The van der Waals surface area contributed by atoms with Crippen LogP contribution in [0.3, 0.4) is 0 Å². The van der Waals surface area contributed by atoms with Crippen molar-refractivity contribution in [2.45, 2.75) is 146 Å². The normalized spacial score (nSPS) is 39.0. The largest absolute Gasteiger partial charge is 0.496 e. The van der Waals surface area contributed by atoms with Crippen LogP contribution in [0, 0.1) is 22.7 Å². The third kappa shape index (κ3) is 5.51. The lowest BCUT2D eigenvalue weighted by atomic mass is 9.43. The van der Waals surface area contributed by atoms with E-state index in [4.69, 9.17) is 9.47 Å². The molecule has 6 aliphatic heterocycles. The molecule has 0 radical (unpaired) electrons. The third-order valence-electron chi connectivity index (χ3n) is 18.5. The average molecular weight is 889 g/mol. The number of aliphatic hydroxyl groups is 2. The number of benzene rings is 2. The molecule has 12 unspecified atom stereocenters. The third-order valence-corrected chi connectivity index (χ3v) is 18.5. The van der Waals surface area contributed by atoms with E-state index in [9.17, 15) is 29.4 Å². The molecule has 2 spiro atoms. The second kappa shape index (κ2) is 15.1. The van der Waals surface area contributed by atoms with Crippen molar-refractivity contribution in [3.8, 4) is 11.5 Å². The highest BCUT2D eigenvalue weighted by molar-refractivity contribution is 5.92. The Kier molecular flexibility index (Phi) is 10.3. The maximum atomic E-state index is 14.2. The fraction of sp³-hybridized carbons (Fsp3) is 0.623. The Labute approximate surface area is 383 Å². The van der Waals surface area contributed by atoms with Gasteiger partial charge in [0.05, 0.1) is 26.3 Å². The van der Waals surface area contributed by atoms with Crippen molar-refractivity contribution in [2.75, 3.05) is 51.0 Å². The van der Waals surface area contributed by atoms with Crippen LogP contribution in [-0.4, -0.2) is 119 Å². The maximum absolute atomic E-state index is 14.2. The molecule has 2 aliphatic carbocycles. The van der Waals surface area contributed by atoms with Crippen molar-refractivity contribution in [3.63, 3.8) is 0 Å². The molecule has 12 nitrogen and oxygen atoms in total. The molecule has 4 fully saturated rings. The predicted molar refractivity (Wildman–Crippen MR) is 249 cm³/mol. The first kappa shape index (κ1) is 44.5. The summed E-state index contributed by atoms with van der Waals surface area (Å²) < 4.78 is 12.4. The zero-order valence-electron chi connectivity index (χ0n) is 39.5.